The lowest BCUT2D eigenvalue weighted by Crippen LogP contribution is -1.88. The van der Waals surface area contributed by atoms with Crippen LogP contribution in [0.1, 0.15) is 5.56 Å². The van der Waals surface area contributed by atoms with E-state index in [0.717, 1.165) is 10.0 Å². The van der Waals surface area contributed by atoms with Gasteiger partial charge in [0.1, 0.15) is 5.82 Å². The van der Waals surface area contributed by atoms with E-state index < -0.39 is 0 Å². The molecule has 0 fully saturated rings. The molecule has 62 valence electrons. The Balaban J connectivity index is 2.80. The number of nitrogens with zero attached hydrogens (tertiary/aromatic N) is 1. The van der Waals surface area contributed by atoms with E-state index in [4.69, 9.17) is 6.57 Å². The molecule has 1 aromatic carbocycles. The summed E-state index contributed by atoms with van der Waals surface area (Å²) in [4.78, 5) is 3.20. The number of hydrogen-bond acceptors (Lipinski definition) is 0. The van der Waals surface area contributed by atoms with Gasteiger partial charge in [0.05, 0.1) is 0 Å². The van der Waals surface area contributed by atoms with E-state index in [9.17, 15) is 4.39 Å². The molecule has 0 saturated carbocycles. The first kappa shape index (κ1) is 9.21. The highest BCUT2D eigenvalue weighted by Crippen LogP contribution is 2.15. The molecule has 0 aromatic heterocycles. The Bertz CT molecular complexity index is 297. The molecule has 0 atom stereocenters. The average molecular weight is 228 g/mol. The summed E-state index contributed by atoms with van der Waals surface area (Å²) in [6.07, 6.45) is 0.611. The Morgan fingerprint density at radius 3 is 2.75 bits per heavy atom. The van der Waals surface area contributed by atoms with Crippen molar-refractivity contribution >= 4 is 15.9 Å². The van der Waals surface area contributed by atoms with Crippen molar-refractivity contribution in [2.75, 3.05) is 6.54 Å². The van der Waals surface area contributed by atoms with Crippen LogP contribution in [-0.4, -0.2) is 6.54 Å². The first-order chi connectivity index (χ1) is 5.72. The minimum Gasteiger partial charge on any atom is -0.317 e. The van der Waals surface area contributed by atoms with Crippen molar-refractivity contribution in [3.05, 3.63) is 45.5 Å². The second-order valence-electron chi connectivity index (χ2n) is 2.41. The van der Waals surface area contributed by atoms with Gasteiger partial charge in [0, 0.05) is 10.9 Å². The van der Waals surface area contributed by atoms with Gasteiger partial charge in [0.25, 0.3) is 0 Å². The van der Waals surface area contributed by atoms with Crippen LogP contribution in [0.15, 0.2) is 22.7 Å². The summed E-state index contributed by atoms with van der Waals surface area (Å²) in [6.45, 7) is 6.99. The van der Waals surface area contributed by atoms with Gasteiger partial charge in [0.15, 0.2) is 0 Å². The van der Waals surface area contributed by atoms with Crippen molar-refractivity contribution in [3.8, 4) is 0 Å². The molecule has 0 saturated heterocycles. The summed E-state index contributed by atoms with van der Waals surface area (Å²) in [7, 11) is 0. The summed E-state index contributed by atoms with van der Waals surface area (Å²) in [6, 6.07) is 4.69. The van der Waals surface area contributed by atoms with Crippen molar-refractivity contribution in [2.24, 2.45) is 0 Å². The lowest BCUT2D eigenvalue weighted by Gasteiger charge is -1.97. The van der Waals surface area contributed by atoms with Crippen LogP contribution in [0, 0.1) is 12.4 Å². The maximum absolute atomic E-state index is 12.7. The average Bonchev–Trinajstić information content (AvgIpc) is 1.99. The van der Waals surface area contributed by atoms with Gasteiger partial charge >= 0.3 is 0 Å². The third-order valence-corrected chi connectivity index (χ3v) is 1.89. The Hall–Kier alpha value is -0.880. The minimum atomic E-state index is -0.260. The van der Waals surface area contributed by atoms with E-state index in [1.807, 2.05) is 6.07 Å². The predicted octanol–water partition coefficient (Wildman–Crippen LogP) is 3.05. The van der Waals surface area contributed by atoms with Crippen LogP contribution in [-0.2, 0) is 6.42 Å². The largest absolute Gasteiger partial charge is 0.317 e. The van der Waals surface area contributed by atoms with E-state index >= 15 is 0 Å². The van der Waals surface area contributed by atoms with Gasteiger partial charge < -0.3 is 4.85 Å². The second-order valence-corrected chi connectivity index (χ2v) is 3.33. The SMILES string of the molecule is [C-]#[N+]CCc1cc(F)cc(Br)c1. The molecule has 0 amide bonds. The van der Waals surface area contributed by atoms with Gasteiger partial charge in [0.2, 0.25) is 6.54 Å². The molecule has 0 aliphatic carbocycles. The maximum Gasteiger partial charge on any atom is 0.218 e. The zero-order valence-corrected chi connectivity index (χ0v) is 7.94. The zero-order chi connectivity index (χ0) is 8.97. The molecule has 0 aliphatic rings. The molecule has 1 rings (SSSR count). The van der Waals surface area contributed by atoms with Crippen molar-refractivity contribution in [1.29, 1.82) is 0 Å². The fourth-order valence-electron chi connectivity index (χ4n) is 0.940. The summed E-state index contributed by atoms with van der Waals surface area (Å²) in [5.74, 6) is -0.260. The molecule has 0 heterocycles. The lowest BCUT2D eigenvalue weighted by molar-refractivity contribution is 0.624. The Morgan fingerprint density at radius 2 is 2.17 bits per heavy atom. The molecular formula is C9H7BrFN. The van der Waals surface area contributed by atoms with E-state index in [1.54, 1.807) is 0 Å². The molecule has 3 heteroatoms. The molecule has 0 bridgehead atoms. The predicted molar refractivity (Wildman–Crippen MR) is 49.3 cm³/mol. The molecule has 0 N–H and O–H groups in total. The van der Waals surface area contributed by atoms with Gasteiger partial charge in [-0.25, -0.2) is 11.0 Å². The van der Waals surface area contributed by atoms with Gasteiger partial charge in [-0.2, -0.15) is 0 Å². The van der Waals surface area contributed by atoms with Crippen molar-refractivity contribution in [1.82, 2.24) is 0 Å². The van der Waals surface area contributed by atoms with Crippen LogP contribution in [0.4, 0.5) is 4.39 Å². The molecule has 0 radical (unpaired) electrons. The van der Waals surface area contributed by atoms with E-state index in [1.165, 1.54) is 12.1 Å². The van der Waals surface area contributed by atoms with Crippen LogP contribution in [0.25, 0.3) is 4.85 Å². The van der Waals surface area contributed by atoms with Crippen LogP contribution in [0.3, 0.4) is 0 Å². The number of benzene rings is 1. The number of hydrogen-bond donors (Lipinski definition) is 0. The highest BCUT2D eigenvalue weighted by molar-refractivity contribution is 9.10. The standard InChI is InChI=1S/C9H7BrFN/c1-12-3-2-7-4-8(10)6-9(11)5-7/h4-6H,2-3H2. The Labute approximate surface area is 79.2 Å². The quantitative estimate of drug-likeness (QED) is 0.685. The number of halogens is 2. The molecule has 12 heavy (non-hydrogen) atoms. The van der Waals surface area contributed by atoms with Gasteiger partial charge in [-0.1, -0.05) is 15.9 Å². The maximum atomic E-state index is 12.7. The van der Waals surface area contributed by atoms with Crippen LogP contribution < -0.4 is 0 Å². The van der Waals surface area contributed by atoms with E-state index in [-0.39, 0.29) is 5.82 Å². The monoisotopic (exact) mass is 227 g/mol. The van der Waals surface area contributed by atoms with Crippen LogP contribution in [0.2, 0.25) is 0 Å². The third-order valence-electron chi connectivity index (χ3n) is 1.43. The lowest BCUT2D eigenvalue weighted by atomic mass is 10.1. The highest BCUT2D eigenvalue weighted by atomic mass is 79.9. The highest BCUT2D eigenvalue weighted by Gasteiger charge is 1.99. The smallest absolute Gasteiger partial charge is 0.218 e. The summed E-state index contributed by atoms with van der Waals surface area (Å²) < 4.78 is 13.5. The van der Waals surface area contributed by atoms with Crippen molar-refractivity contribution in [2.45, 2.75) is 6.42 Å². The topological polar surface area (TPSA) is 4.36 Å². The first-order valence-corrected chi connectivity index (χ1v) is 4.30. The molecule has 0 unspecified atom stereocenters. The minimum absolute atomic E-state index is 0.260. The van der Waals surface area contributed by atoms with Crippen molar-refractivity contribution in [3.63, 3.8) is 0 Å². The van der Waals surface area contributed by atoms with Gasteiger partial charge in [-0.3, -0.25) is 0 Å². The van der Waals surface area contributed by atoms with Crippen molar-refractivity contribution < 1.29 is 4.39 Å². The molecule has 0 spiro atoms. The molecule has 1 aromatic rings. The zero-order valence-electron chi connectivity index (χ0n) is 6.35. The third kappa shape index (κ3) is 2.63. The molecule has 0 aliphatic heterocycles. The molecular weight excluding hydrogens is 221 g/mol. The second kappa shape index (κ2) is 4.22. The Kier molecular flexibility index (Phi) is 3.24. The van der Waals surface area contributed by atoms with Gasteiger partial charge in [-0.15, -0.1) is 0 Å². The number of rotatable bonds is 2. The summed E-state index contributed by atoms with van der Waals surface area (Å²) >= 11 is 3.19. The summed E-state index contributed by atoms with van der Waals surface area (Å²) in [5, 5.41) is 0. The molecule has 1 nitrogen and oxygen atoms in total. The van der Waals surface area contributed by atoms with Crippen LogP contribution in [0.5, 0.6) is 0 Å². The van der Waals surface area contributed by atoms with E-state index in [0.29, 0.717) is 13.0 Å². The first-order valence-electron chi connectivity index (χ1n) is 3.50. The summed E-state index contributed by atoms with van der Waals surface area (Å²) in [5.41, 5.74) is 0.859. The normalized spacial score (nSPS) is 9.42. The van der Waals surface area contributed by atoms with Gasteiger partial charge in [-0.05, 0) is 23.8 Å². The fourth-order valence-corrected chi connectivity index (χ4v) is 1.45. The Morgan fingerprint density at radius 1 is 1.42 bits per heavy atom. The van der Waals surface area contributed by atoms with E-state index in [2.05, 4.69) is 20.8 Å². The van der Waals surface area contributed by atoms with Crippen LogP contribution >= 0.6 is 15.9 Å². The fraction of sp³-hybridized carbons (Fsp3) is 0.222.